The highest BCUT2D eigenvalue weighted by Crippen LogP contribution is 2.41. The largest absolute Gasteiger partial charge is 0.347 e. The third-order valence-corrected chi connectivity index (χ3v) is 6.21. The summed E-state index contributed by atoms with van der Waals surface area (Å²) in [4.78, 5) is 12.6. The zero-order chi connectivity index (χ0) is 16.3. The Morgan fingerprint density at radius 1 is 1.29 bits per heavy atom. The normalized spacial score (nSPS) is 21.2. The molecule has 1 unspecified atom stereocenters. The molecule has 2 fully saturated rings. The first-order valence-corrected chi connectivity index (χ1v) is 9.66. The van der Waals surface area contributed by atoms with Crippen LogP contribution in [0, 0.1) is 11.8 Å². The van der Waals surface area contributed by atoms with Gasteiger partial charge in [-0.3, -0.25) is 4.79 Å². The molecule has 2 aliphatic rings. The van der Waals surface area contributed by atoms with Crippen molar-refractivity contribution in [2.75, 3.05) is 13.1 Å². The Morgan fingerprint density at radius 3 is 2.46 bits per heavy atom. The SMILES string of the molecule is CC(CC(=O)NC1(c2ccc(Br)cc2)CCC1)C1CCNCC1.Cl. The molecule has 2 N–H and O–H groups in total. The van der Waals surface area contributed by atoms with E-state index in [4.69, 9.17) is 0 Å². The standard InChI is InChI=1S/C19H27BrN2O.ClH/c1-14(15-7-11-21-12-8-15)13-18(23)22-19(9-2-10-19)16-3-5-17(20)6-4-16;/h3-6,14-15,21H,2,7-13H2,1H3,(H,22,23);1H. The molecule has 0 radical (unpaired) electrons. The lowest BCUT2D eigenvalue weighted by atomic mass is 9.71. The number of rotatable bonds is 5. The molecule has 1 amide bonds. The Hall–Kier alpha value is -0.580. The van der Waals surface area contributed by atoms with Gasteiger partial charge in [0.15, 0.2) is 0 Å². The molecule has 3 rings (SSSR count). The maximum absolute atomic E-state index is 12.6. The maximum atomic E-state index is 12.6. The molecule has 0 spiro atoms. The molecule has 0 bridgehead atoms. The van der Waals surface area contributed by atoms with Crippen LogP contribution < -0.4 is 10.6 Å². The van der Waals surface area contributed by atoms with Crippen LogP contribution in [0.5, 0.6) is 0 Å². The molecule has 1 aromatic carbocycles. The van der Waals surface area contributed by atoms with E-state index in [-0.39, 0.29) is 23.9 Å². The minimum atomic E-state index is -0.119. The van der Waals surface area contributed by atoms with Crippen LogP contribution in [-0.4, -0.2) is 19.0 Å². The summed E-state index contributed by atoms with van der Waals surface area (Å²) in [5.74, 6) is 1.38. The van der Waals surface area contributed by atoms with Crippen LogP contribution in [0.3, 0.4) is 0 Å². The topological polar surface area (TPSA) is 41.1 Å². The van der Waals surface area contributed by atoms with E-state index in [1.165, 1.54) is 24.8 Å². The van der Waals surface area contributed by atoms with Crippen molar-refractivity contribution in [3.8, 4) is 0 Å². The van der Waals surface area contributed by atoms with Crippen LogP contribution in [-0.2, 0) is 10.3 Å². The molecule has 1 aliphatic carbocycles. The summed E-state index contributed by atoms with van der Waals surface area (Å²) in [7, 11) is 0. The highest BCUT2D eigenvalue weighted by atomic mass is 79.9. The Bertz CT molecular complexity index is 539. The molecular formula is C19H28BrClN2O. The number of amides is 1. The summed E-state index contributed by atoms with van der Waals surface area (Å²) < 4.78 is 1.08. The number of benzene rings is 1. The zero-order valence-electron chi connectivity index (χ0n) is 14.3. The van der Waals surface area contributed by atoms with Gasteiger partial charge in [0.2, 0.25) is 5.91 Å². The van der Waals surface area contributed by atoms with Crippen LogP contribution in [0.4, 0.5) is 0 Å². The third-order valence-electron chi connectivity index (χ3n) is 5.68. The fourth-order valence-corrected chi connectivity index (χ4v) is 4.24. The van der Waals surface area contributed by atoms with E-state index >= 15 is 0 Å². The van der Waals surface area contributed by atoms with E-state index < -0.39 is 0 Å². The Kier molecular flexibility index (Phi) is 7.14. The molecule has 5 heteroatoms. The molecule has 1 saturated carbocycles. The fourth-order valence-electron chi connectivity index (χ4n) is 3.98. The highest BCUT2D eigenvalue weighted by Gasteiger charge is 2.40. The lowest BCUT2D eigenvalue weighted by molar-refractivity contribution is -0.125. The zero-order valence-corrected chi connectivity index (χ0v) is 16.7. The quantitative estimate of drug-likeness (QED) is 0.748. The van der Waals surface area contributed by atoms with Crippen molar-refractivity contribution in [2.45, 2.75) is 51.0 Å². The first kappa shape index (κ1) is 19.7. The van der Waals surface area contributed by atoms with Gasteiger partial charge in [0.05, 0.1) is 5.54 Å². The Morgan fingerprint density at radius 2 is 1.92 bits per heavy atom. The third kappa shape index (κ3) is 4.53. The molecule has 1 aromatic rings. The summed E-state index contributed by atoms with van der Waals surface area (Å²) in [6.07, 6.45) is 6.37. The van der Waals surface area contributed by atoms with Gasteiger partial charge in [-0.2, -0.15) is 0 Å². The van der Waals surface area contributed by atoms with Gasteiger partial charge < -0.3 is 10.6 Å². The second-order valence-corrected chi connectivity index (χ2v) is 8.18. The minimum Gasteiger partial charge on any atom is -0.347 e. The monoisotopic (exact) mass is 414 g/mol. The van der Waals surface area contributed by atoms with Crippen molar-refractivity contribution >= 4 is 34.2 Å². The summed E-state index contributed by atoms with van der Waals surface area (Å²) in [6, 6.07) is 8.41. The first-order valence-electron chi connectivity index (χ1n) is 8.87. The number of nitrogens with one attached hydrogen (secondary N) is 2. The van der Waals surface area contributed by atoms with Gasteiger partial charge in [0.25, 0.3) is 0 Å². The Balaban J connectivity index is 0.00000208. The van der Waals surface area contributed by atoms with Crippen LogP contribution in [0.2, 0.25) is 0 Å². The highest BCUT2D eigenvalue weighted by molar-refractivity contribution is 9.10. The van der Waals surface area contributed by atoms with Crippen molar-refractivity contribution in [3.05, 3.63) is 34.3 Å². The predicted octanol–water partition coefficient (Wildman–Crippen LogP) is 4.39. The van der Waals surface area contributed by atoms with E-state index in [0.29, 0.717) is 18.3 Å². The van der Waals surface area contributed by atoms with E-state index in [2.05, 4.69) is 57.8 Å². The lowest BCUT2D eigenvalue weighted by Gasteiger charge is -2.43. The van der Waals surface area contributed by atoms with Gasteiger partial charge >= 0.3 is 0 Å². The summed E-state index contributed by atoms with van der Waals surface area (Å²) in [5.41, 5.74) is 1.13. The molecule has 134 valence electrons. The fraction of sp³-hybridized carbons (Fsp3) is 0.632. The number of halogens is 2. The molecule has 1 saturated heterocycles. The van der Waals surface area contributed by atoms with Crippen LogP contribution in [0.25, 0.3) is 0 Å². The van der Waals surface area contributed by atoms with Gasteiger partial charge in [-0.25, -0.2) is 0 Å². The number of piperidine rings is 1. The lowest BCUT2D eigenvalue weighted by Crippen LogP contribution is -2.51. The number of hydrogen-bond donors (Lipinski definition) is 2. The molecular weight excluding hydrogens is 388 g/mol. The summed E-state index contributed by atoms with van der Waals surface area (Å²) in [5, 5.41) is 6.77. The molecule has 0 aromatic heterocycles. The predicted molar refractivity (Wildman–Crippen MR) is 104 cm³/mol. The van der Waals surface area contributed by atoms with E-state index in [9.17, 15) is 4.79 Å². The second kappa shape index (κ2) is 8.68. The van der Waals surface area contributed by atoms with Crippen LogP contribution in [0.1, 0.15) is 51.0 Å². The van der Waals surface area contributed by atoms with Gasteiger partial charge in [0.1, 0.15) is 0 Å². The smallest absolute Gasteiger partial charge is 0.220 e. The van der Waals surface area contributed by atoms with Crippen molar-refractivity contribution in [1.82, 2.24) is 10.6 Å². The summed E-state index contributed by atoms with van der Waals surface area (Å²) in [6.45, 7) is 4.43. The Labute approximate surface area is 159 Å². The molecule has 1 aliphatic heterocycles. The van der Waals surface area contributed by atoms with Gasteiger partial charge in [-0.05, 0) is 74.7 Å². The first-order chi connectivity index (χ1) is 11.1. The van der Waals surface area contributed by atoms with Crippen LogP contribution >= 0.6 is 28.3 Å². The van der Waals surface area contributed by atoms with Gasteiger partial charge in [-0.15, -0.1) is 12.4 Å². The number of carbonyl (C=O) groups is 1. The van der Waals surface area contributed by atoms with E-state index in [1.54, 1.807) is 0 Å². The van der Waals surface area contributed by atoms with Gasteiger partial charge in [0, 0.05) is 10.9 Å². The van der Waals surface area contributed by atoms with Crippen LogP contribution in [0.15, 0.2) is 28.7 Å². The molecule has 24 heavy (non-hydrogen) atoms. The van der Waals surface area contributed by atoms with E-state index in [1.807, 2.05) is 0 Å². The maximum Gasteiger partial charge on any atom is 0.220 e. The number of hydrogen-bond acceptors (Lipinski definition) is 2. The number of carbonyl (C=O) groups excluding carboxylic acids is 1. The molecule has 1 atom stereocenters. The van der Waals surface area contributed by atoms with Crippen molar-refractivity contribution < 1.29 is 4.79 Å². The van der Waals surface area contributed by atoms with E-state index in [0.717, 1.165) is 30.4 Å². The van der Waals surface area contributed by atoms with Crippen molar-refractivity contribution in [3.63, 3.8) is 0 Å². The van der Waals surface area contributed by atoms with Crippen molar-refractivity contribution in [2.24, 2.45) is 11.8 Å². The van der Waals surface area contributed by atoms with Gasteiger partial charge in [-0.1, -0.05) is 35.0 Å². The van der Waals surface area contributed by atoms with Crippen molar-refractivity contribution in [1.29, 1.82) is 0 Å². The average Bonchev–Trinajstić information content (AvgIpc) is 2.53. The average molecular weight is 416 g/mol. The summed E-state index contributed by atoms with van der Waals surface area (Å²) >= 11 is 3.49. The second-order valence-electron chi connectivity index (χ2n) is 7.26. The minimum absolute atomic E-state index is 0. The molecule has 3 nitrogen and oxygen atoms in total. The molecule has 1 heterocycles.